The smallest absolute Gasteiger partial charge is 0.223 e. The quantitative estimate of drug-likeness (QED) is 0.678. The molecule has 0 saturated heterocycles. The highest BCUT2D eigenvalue weighted by molar-refractivity contribution is 5.48. The molecule has 6 nitrogen and oxygen atoms in total. The van der Waals surface area contributed by atoms with Gasteiger partial charge in [-0.25, -0.2) is 0 Å². The van der Waals surface area contributed by atoms with Crippen molar-refractivity contribution in [2.45, 2.75) is 26.8 Å². The average Bonchev–Trinajstić information content (AvgIpc) is 2.24. The Morgan fingerprint density at radius 3 is 2.47 bits per heavy atom. The predicted molar refractivity (Wildman–Crippen MR) is 71.7 cm³/mol. The Hall–Kier alpha value is -1.56. The van der Waals surface area contributed by atoms with Gasteiger partial charge in [0.1, 0.15) is 11.6 Å². The van der Waals surface area contributed by atoms with E-state index in [2.05, 4.69) is 41.0 Å². The number of likely N-dealkylation sites (N-methyl/N-ethyl adjacent to an activating group) is 1. The van der Waals surface area contributed by atoms with Crippen LogP contribution in [0.2, 0.25) is 0 Å². The lowest BCUT2D eigenvalue weighted by atomic mass is 10.3. The SMILES string of the molecule is CCN(CC)CC(C)Nc1cc(N)nc(N)n1. The highest BCUT2D eigenvalue weighted by atomic mass is 15.2. The molecule has 1 atom stereocenters. The molecule has 0 saturated carbocycles. The summed E-state index contributed by atoms with van der Waals surface area (Å²) in [5.41, 5.74) is 11.1. The molecule has 0 aromatic carbocycles. The van der Waals surface area contributed by atoms with Crippen LogP contribution in [0.5, 0.6) is 0 Å². The molecule has 17 heavy (non-hydrogen) atoms. The van der Waals surface area contributed by atoms with E-state index in [0.29, 0.717) is 11.6 Å². The van der Waals surface area contributed by atoms with E-state index >= 15 is 0 Å². The topological polar surface area (TPSA) is 93.1 Å². The zero-order valence-corrected chi connectivity index (χ0v) is 10.8. The van der Waals surface area contributed by atoms with Gasteiger partial charge in [-0.3, -0.25) is 0 Å². The Morgan fingerprint density at radius 1 is 1.29 bits per heavy atom. The number of aromatic nitrogens is 2. The van der Waals surface area contributed by atoms with Gasteiger partial charge in [0.05, 0.1) is 0 Å². The third-order valence-electron chi connectivity index (χ3n) is 2.58. The fourth-order valence-electron chi connectivity index (χ4n) is 1.73. The minimum atomic E-state index is 0.197. The van der Waals surface area contributed by atoms with E-state index in [4.69, 9.17) is 11.5 Å². The zero-order valence-electron chi connectivity index (χ0n) is 10.8. The summed E-state index contributed by atoms with van der Waals surface area (Å²) in [6.07, 6.45) is 0. The molecule has 0 bridgehead atoms. The monoisotopic (exact) mass is 238 g/mol. The van der Waals surface area contributed by atoms with Crippen molar-refractivity contribution in [2.24, 2.45) is 0 Å². The highest BCUT2D eigenvalue weighted by Crippen LogP contribution is 2.10. The summed E-state index contributed by atoms with van der Waals surface area (Å²) in [6.45, 7) is 9.44. The largest absolute Gasteiger partial charge is 0.383 e. The van der Waals surface area contributed by atoms with Gasteiger partial charge in [0.15, 0.2) is 0 Å². The molecule has 0 aliphatic heterocycles. The zero-order chi connectivity index (χ0) is 12.8. The van der Waals surface area contributed by atoms with Crippen LogP contribution in [-0.4, -0.2) is 40.5 Å². The van der Waals surface area contributed by atoms with Crippen LogP contribution in [0.1, 0.15) is 20.8 Å². The van der Waals surface area contributed by atoms with Gasteiger partial charge < -0.3 is 21.7 Å². The van der Waals surface area contributed by atoms with E-state index in [1.807, 2.05) is 0 Å². The average molecular weight is 238 g/mol. The Labute approximate surface area is 102 Å². The van der Waals surface area contributed by atoms with Gasteiger partial charge in [-0.05, 0) is 20.0 Å². The number of nitrogens with two attached hydrogens (primary N) is 2. The Morgan fingerprint density at radius 2 is 1.94 bits per heavy atom. The van der Waals surface area contributed by atoms with Crippen LogP contribution in [0, 0.1) is 0 Å². The summed E-state index contributed by atoms with van der Waals surface area (Å²) in [4.78, 5) is 10.3. The second-order valence-electron chi connectivity index (χ2n) is 4.07. The molecule has 0 amide bonds. The summed E-state index contributed by atoms with van der Waals surface area (Å²) in [6, 6.07) is 1.97. The molecule has 1 unspecified atom stereocenters. The van der Waals surface area contributed by atoms with Crippen molar-refractivity contribution in [3.05, 3.63) is 6.07 Å². The van der Waals surface area contributed by atoms with Crippen molar-refractivity contribution < 1.29 is 0 Å². The van der Waals surface area contributed by atoms with E-state index in [-0.39, 0.29) is 12.0 Å². The lowest BCUT2D eigenvalue weighted by Gasteiger charge is -2.23. The Kier molecular flexibility index (Phi) is 4.96. The maximum Gasteiger partial charge on any atom is 0.223 e. The van der Waals surface area contributed by atoms with Crippen LogP contribution < -0.4 is 16.8 Å². The Balaban J connectivity index is 2.58. The molecule has 1 rings (SSSR count). The fraction of sp³-hybridized carbons (Fsp3) is 0.636. The lowest BCUT2D eigenvalue weighted by Crippen LogP contribution is -2.35. The molecular formula is C11H22N6. The molecule has 1 heterocycles. The molecule has 0 aliphatic rings. The molecule has 0 spiro atoms. The summed E-state index contributed by atoms with van der Waals surface area (Å²) in [7, 11) is 0. The van der Waals surface area contributed by atoms with Gasteiger partial charge in [-0.15, -0.1) is 0 Å². The number of nitrogens with one attached hydrogen (secondary N) is 1. The van der Waals surface area contributed by atoms with Gasteiger partial charge in [0.25, 0.3) is 0 Å². The molecule has 1 aromatic heterocycles. The van der Waals surface area contributed by atoms with Crippen LogP contribution in [-0.2, 0) is 0 Å². The van der Waals surface area contributed by atoms with Crippen LogP contribution in [0.3, 0.4) is 0 Å². The van der Waals surface area contributed by atoms with Crippen molar-refractivity contribution in [2.75, 3.05) is 36.4 Å². The van der Waals surface area contributed by atoms with Gasteiger partial charge in [-0.2, -0.15) is 9.97 Å². The van der Waals surface area contributed by atoms with Gasteiger partial charge in [0, 0.05) is 18.7 Å². The van der Waals surface area contributed by atoms with E-state index in [9.17, 15) is 0 Å². The molecule has 0 radical (unpaired) electrons. The number of nitrogen functional groups attached to an aromatic ring is 2. The first-order chi connectivity index (χ1) is 8.05. The summed E-state index contributed by atoms with van der Waals surface area (Å²) >= 11 is 0. The molecular weight excluding hydrogens is 216 g/mol. The van der Waals surface area contributed by atoms with Gasteiger partial charge in [0.2, 0.25) is 5.95 Å². The maximum absolute atomic E-state index is 5.61. The summed E-state index contributed by atoms with van der Waals surface area (Å²) in [5, 5.41) is 3.27. The van der Waals surface area contributed by atoms with E-state index in [1.165, 1.54) is 0 Å². The van der Waals surface area contributed by atoms with Crippen molar-refractivity contribution in [3.8, 4) is 0 Å². The third-order valence-corrected chi connectivity index (χ3v) is 2.58. The van der Waals surface area contributed by atoms with Crippen molar-refractivity contribution in [1.82, 2.24) is 14.9 Å². The van der Waals surface area contributed by atoms with Crippen LogP contribution >= 0.6 is 0 Å². The summed E-state index contributed by atoms with van der Waals surface area (Å²) in [5.74, 6) is 1.26. The molecule has 0 fully saturated rings. The number of hydrogen-bond donors (Lipinski definition) is 3. The van der Waals surface area contributed by atoms with Crippen molar-refractivity contribution in [1.29, 1.82) is 0 Å². The first kappa shape index (κ1) is 13.5. The lowest BCUT2D eigenvalue weighted by molar-refractivity contribution is 0.294. The van der Waals surface area contributed by atoms with E-state index in [0.717, 1.165) is 19.6 Å². The predicted octanol–water partition coefficient (Wildman–Crippen LogP) is 0.783. The fourth-order valence-corrected chi connectivity index (χ4v) is 1.73. The van der Waals surface area contributed by atoms with E-state index in [1.54, 1.807) is 6.07 Å². The molecule has 96 valence electrons. The molecule has 5 N–H and O–H groups in total. The Bertz CT molecular complexity index is 330. The molecule has 6 heteroatoms. The van der Waals surface area contributed by atoms with Crippen LogP contribution in [0.25, 0.3) is 0 Å². The minimum Gasteiger partial charge on any atom is -0.383 e. The minimum absolute atomic E-state index is 0.197. The normalized spacial score (nSPS) is 12.7. The first-order valence-electron chi connectivity index (χ1n) is 5.94. The van der Waals surface area contributed by atoms with Gasteiger partial charge >= 0.3 is 0 Å². The second-order valence-corrected chi connectivity index (χ2v) is 4.07. The van der Waals surface area contributed by atoms with Crippen molar-refractivity contribution >= 4 is 17.6 Å². The van der Waals surface area contributed by atoms with Crippen molar-refractivity contribution in [3.63, 3.8) is 0 Å². The van der Waals surface area contributed by atoms with Crippen LogP contribution in [0.4, 0.5) is 17.6 Å². The summed E-state index contributed by atoms with van der Waals surface area (Å²) < 4.78 is 0. The molecule has 0 aliphatic carbocycles. The standard InChI is InChI=1S/C11H22N6/c1-4-17(5-2)7-8(3)14-10-6-9(12)15-11(13)16-10/h6,8H,4-5,7H2,1-3H3,(H5,12,13,14,15,16). The van der Waals surface area contributed by atoms with Crippen LogP contribution in [0.15, 0.2) is 6.07 Å². The number of hydrogen-bond acceptors (Lipinski definition) is 6. The number of nitrogens with zero attached hydrogens (tertiary/aromatic N) is 3. The third kappa shape index (κ3) is 4.44. The second kappa shape index (κ2) is 6.24. The number of rotatable bonds is 6. The maximum atomic E-state index is 5.61. The molecule has 1 aromatic rings. The first-order valence-corrected chi connectivity index (χ1v) is 5.94. The van der Waals surface area contributed by atoms with Gasteiger partial charge in [-0.1, -0.05) is 13.8 Å². The van der Waals surface area contributed by atoms with E-state index < -0.39 is 0 Å². The number of anilines is 3. The highest BCUT2D eigenvalue weighted by Gasteiger charge is 2.08.